The molecule has 3 heterocycles. The highest BCUT2D eigenvalue weighted by Gasteiger charge is 2.67. The second kappa shape index (κ2) is 7.37. The third-order valence-electron chi connectivity index (χ3n) is 10.8. The zero-order valence-electron chi connectivity index (χ0n) is 20.7. The van der Waals surface area contributed by atoms with Crippen molar-refractivity contribution in [3.63, 3.8) is 0 Å². The maximum absolute atomic E-state index is 14.7. The van der Waals surface area contributed by atoms with Crippen molar-refractivity contribution in [2.24, 2.45) is 39.7 Å². The Balaban J connectivity index is 1.36. The molecule has 6 rings (SSSR count). The summed E-state index contributed by atoms with van der Waals surface area (Å²) in [6.07, 6.45) is 9.09. The van der Waals surface area contributed by atoms with Gasteiger partial charge in [0.15, 0.2) is 11.5 Å². The summed E-state index contributed by atoms with van der Waals surface area (Å²) in [6, 6.07) is 3.83. The van der Waals surface area contributed by atoms with Crippen molar-refractivity contribution in [3.8, 4) is 0 Å². The van der Waals surface area contributed by atoms with Gasteiger partial charge in [-0.15, -0.1) is 0 Å². The van der Waals surface area contributed by atoms with Gasteiger partial charge in [0.2, 0.25) is 5.91 Å². The molecule has 3 saturated carbocycles. The van der Waals surface area contributed by atoms with E-state index < -0.39 is 17.1 Å². The maximum Gasteiger partial charge on any atom is 0.282 e. The van der Waals surface area contributed by atoms with Crippen LogP contribution in [0, 0.1) is 34.0 Å². The van der Waals surface area contributed by atoms with E-state index in [9.17, 15) is 14.0 Å². The summed E-state index contributed by atoms with van der Waals surface area (Å²) in [5, 5.41) is 0. The molecule has 3 N–H and O–H groups in total. The molecule has 1 aliphatic heterocycles. The molecule has 0 saturated heterocycles. The minimum absolute atomic E-state index is 0.0189. The number of carbonyl (C=O) groups excluding carboxylic acids is 2. The lowest BCUT2D eigenvalue weighted by Gasteiger charge is -2.61. The van der Waals surface area contributed by atoms with E-state index in [-0.39, 0.29) is 28.7 Å². The number of H-pyrrole nitrogens is 1. The summed E-state index contributed by atoms with van der Waals surface area (Å²) >= 11 is 0. The number of fused-ring (bicyclic) bond motifs is 6. The summed E-state index contributed by atoms with van der Waals surface area (Å²) in [4.78, 5) is 39.6. The number of imidazole rings is 1. The molecule has 0 spiro atoms. The van der Waals surface area contributed by atoms with Crippen molar-refractivity contribution in [2.75, 3.05) is 7.05 Å². The standard InChI is InChI=1S/C27H34FN5O2/c1-25-13-18(28)23(34)33(3)20(25)7-6-15-16(25)8-10-26(2)17(15)9-11-27(26,24(29)35)14-21-31-19-5-4-12-30-22(19)32-21/h4-5,12-13,15-17,20H,6-11,14H2,1-3H3,(H2,29,35)(H,30,31,32)/t15-,16-,17+,20?,25-,26+,27?/m1/s1. The lowest BCUT2D eigenvalue weighted by molar-refractivity contribution is -0.151. The Morgan fingerprint density at radius 3 is 2.74 bits per heavy atom. The maximum atomic E-state index is 14.7. The first kappa shape index (κ1) is 22.7. The Labute approximate surface area is 204 Å². The number of nitrogens with one attached hydrogen (secondary N) is 1. The third-order valence-corrected chi connectivity index (χ3v) is 10.8. The number of nitrogens with zero attached hydrogens (tertiary/aromatic N) is 3. The van der Waals surface area contributed by atoms with Gasteiger partial charge in [-0.1, -0.05) is 13.8 Å². The Bertz CT molecular complexity index is 1220. The molecular weight excluding hydrogens is 445 g/mol. The molecule has 0 aromatic carbocycles. The summed E-state index contributed by atoms with van der Waals surface area (Å²) in [6.45, 7) is 4.39. The van der Waals surface area contributed by atoms with E-state index in [0.717, 1.165) is 49.9 Å². The van der Waals surface area contributed by atoms with Crippen LogP contribution in [0.2, 0.25) is 0 Å². The van der Waals surface area contributed by atoms with Crippen molar-refractivity contribution >= 4 is 23.0 Å². The van der Waals surface area contributed by atoms with Crippen LogP contribution in [0.25, 0.3) is 11.2 Å². The van der Waals surface area contributed by atoms with E-state index in [0.29, 0.717) is 23.9 Å². The summed E-state index contributed by atoms with van der Waals surface area (Å²) < 4.78 is 14.7. The van der Waals surface area contributed by atoms with Crippen LogP contribution in [0.15, 0.2) is 30.2 Å². The Kier molecular flexibility index (Phi) is 4.78. The topological polar surface area (TPSA) is 105 Å². The number of hydrogen-bond acceptors (Lipinski definition) is 4. The van der Waals surface area contributed by atoms with Gasteiger partial charge in [0.1, 0.15) is 5.82 Å². The molecule has 8 heteroatoms. The summed E-state index contributed by atoms with van der Waals surface area (Å²) in [7, 11) is 1.74. The first-order valence-electron chi connectivity index (χ1n) is 12.9. The normalized spacial score (nSPS) is 40.7. The molecule has 7 atom stereocenters. The molecule has 0 radical (unpaired) electrons. The highest BCUT2D eigenvalue weighted by atomic mass is 19.1. The fourth-order valence-electron chi connectivity index (χ4n) is 9.01. The number of pyridine rings is 1. The highest BCUT2D eigenvalue weighted by molar-refractivity contribution is 5.92. The summed E-state index contributed by atoms with van der Waals surface area (Å²) in [5.41, 5.74) is 6.41. The first-order chi connectivity index (χ1) is 16.6. The van der Waals surface area contributed by atoms with Gasteiger partial charge < -0.3 is 15.6 Å². The van der Waals surface area contributed by atoms with Gasteiger partial charge in [-0.3, -0.25) is 9.59 Å². The first-order valence-corrected chi connectivity index (χ1v) is 12.9. The predicted octanol–water partition coefficient (Wildman–Crippen LogP) is 3.91. The molecule has 3 fully saturated rings. The van der Waals surface area contributed by atoms with Crippen molar-refractivity contribution in [2.45, 2.75) is 64.8 Å². The average molecular weight is 480 g/mol. The van der Waals surface area contributed by atoms with Crippen LogP contribution in [-0.2, 0) is 16.0 Å². The van der Waals surface area contributed by atoms with Crippen molar-refractivity contribution < 1.29 is 14.0 Å². The molecule has 0 bridgehead atoms. The lowest BCUT2D eigenvalue weighted by Crippen LogP contribution is -2.61. The van der Waals surface area contributed by atoms with Crippen LogP contribution >= 0.6 is 0 Å². The minimum atomic E-state index is -0.686. The third kappa shape index (κ3) is 2.88. The van der Waals surface area contributed by atoms with Gasteiger partial charge in [-0.25, -0.2) is 14.4 Å². The number of amides is 2. The van der Waals surface area contributed by atoms with Gasteiger partial charge in [0, 0.05) is 31.1 Å². The van der Waals surface area contributed by atoms with E-state index in [1.54, 1.807) is 24.2 Å². The van der Waals surface area contributed by atoms with Crippen LogP contribution in [0.5, 0.6) is 0 Å². The smallest absolute Gasteiger partial charge is 0.282 e. The van der Waals surface area contributed by atoms with Crippen molar-refractivity contribution in [1.82, 2.24) is 19.9 Å². The van der Waals surface area contributed by atoms with E-state index >= 15 is 0 Å². The number of primary amides is 1. The molecule has 186 valence electrons. The predicted molar refractivity (Wildman–Crippen MR) is 129 cm³/mol. The average Bonchev–Trinajstić information content (AvgIpc) is 3.36. The van der Waals surface area contributed by atoms with Crippen molar-refractivity contribution in [1.29, 1.82) is 0 Å². The van der Waals surface area contributed by atoms with Gasteiger partial charge >= 0.3 is 0 Å². The number of carbonyl (C=O) groups is 2. The van der Waals surface area contributed by atoms with Crippen molar-refractivity contribution in [3.05, 3.63) is 36.1 Å². The van der Waals surface area contributed by atoms with E-state index in [1.165, 1.54) is 0 Å². The Morgan fingerprint density at radius 1 is 1.23 bits per heavy atom. The Morgan fingerprint density at radius 2 is 2.00 bits per heavy atom. The molecule has 35 heavy (non-hydrogen) atoms. The van der Waals surface area contributed by atoms with Crippen LogP contribution in [0.3, 0.4) is 0 Å². The lowest BCUT2D eigenvalue weighted by atomic mass is 9.45. The molecular formula is C27H34FN5O2. The zero-order chi connectivity index (χ0) is 24.8. The fraction of sp³-hybridized carbons (Fsp3) is 0.630. The molecule has 3 aliphatic carbocycles. The van der Waals surface area contributed by atoms with Gasteiger partial charge in [-0.2, -0.15) is 0 Å². The van der Waals surface area contributed by atoms with Gasteiger partial charge in [0.25, 0.3) is 5.91 Å². The van der Waals surface area contributed by atoms with E-state index in [1.807, 2.05) is 12.1 Å². The molecule has 4 aliphatic rings. The van der Waals surface area contributed by atoms with Crippen LogP contribution in [-0.4, -0.2) is 44.8 Å². The van der Waals surface area contributed by atoms with Gasteiger partial charge in [0.05, 0.1) is 10.9 Å². The molecule has 2 aromatic rings. The minimum Gasteiger partial charge on any atom is -0.369 e. The fourth-order valence-corrected chi connectivity index (χ4v) is 9.01. The number of halogens is 1. The summed E-state index contributed by atoms with van der Waals surface area (Å²) in [5.74, 6) is 0.363. The molecule has 7 nitrogen and oxygen atoms in total. The quantitative estimate of drug-likeness (QED) is 0.696. The zero-order valence-corrected chi connectivity index (χ0v) is 20.7. The number of nitrogens with two attached hydrogens (primary N) is 1. The van der Waals surface area contributed by atoms with E-state index in [2.05, 4.69) is 28.8 Å². The number of likely N-dealkylation sites (N-methyl/N-ethyl adjacent to an activating group) is 1. The van der Waals surface area contributed by atoms with Crippen LogP contribution in [0.1, 0.15) is 58.2 Å². The SMILES string of the molecule is CN1C(=O)C(F)=C[C@@]2(C)C1CC[C@@H]1[C@H]2CC[C@@]2(C)[C@H]1CCC2(Cc1nc2ncccc2[nH]1)C(N)=O. The highest BCUT2D eigenvalue weighted by Crippen LogP contribution is 2.69. The second-order valence-corrected chi connectivity index (χ2v) is 11.9. The second-order valence-electron chi connectivity index (χ2n) is 11.9. The molecule has 2 unspecified atom stereocenters. The molecule has 2 aromatic heterocycles. The van der Waals surface area contributed by atoms with Crippen LogP contribution in [0.4, 0.5) is 4.39 Å². The number of aromatic nitrogens is 3. The number of rotatable bonds is 3. The number of aromatic amines is 1. The monoisotopic (exact) mass is 479 g/mol. The number of hydrogen-bond donors (Lipinski definition) is 2. The van der Waals surface area contributed by atoms with Gasteiger partial charge in [-0.05, 0) is 79.9 Å². The van der Waals surface area contributed by atoms with E-state index in [4.69, 9.17) is 5.73 Å². The Hall–Kier alpha value is -2.77. The van der Waals surface area contributed by atoms with Crippen LogP contribution < -0.4 is 5.73 Å². The molecule has 2 amide bonds. The largest absolute Gasteiger partial charge is 0.369 e.